The molecule has 0 saturated carbocycles. The van der Waals surface area contributed by atoms with E-state index in [4.69, 9.17) is 0 Å². The number of amides is 1. The molecule has 2 aliphatic rings. The predicted molar refractivity (Wildman–Crippen MR) is 74.6 cm³/mol. The number of fused-ring (bicyclic) bond motifs is 1. The number of carbonyl (C=O) groups excluding carboxylic acids is 1. The van der Waals surface area contributed by atoms with E-state index < -0.39 is 0 Å². The van der Waals surface area contributed by atoms with E-state index in [1.54, 1.807) is 0 Å². The number of benzene rings is 1. The molecule has 0 spiro atoms. The molecule has 3 rings (SSSR count). The van der Waals surface area contributed by atoms with E-state index in [-0.39, 0.29) is 5.91 Å². The van der Waals surface area contributed by atoms with Crippen LogP contribution in [0.2, 0.25) is 0 Å². The van der Waals surface area contributed by atoms with Crippen molar-refractivity contribution in [3.8, 4) is 0 Å². The summed E-state index contributed by atoms with van der Waals surface area (Å²) in [7, 11) is 0. The zero-order chi connectivity index (χ0) is 12.7. The fourth-order valence-electron chi connectivity index (χ4n) is 3.00. The van der Waals surface area contributed by atoms with Crippen LogP contribution in [0.5, 0.6) is 0 Å². The van der Waals surface area contributed by atoms with Crippen molar-refractivity contribution in [3.63, 3.8) is 0 Å². The van der Waals surface area contributed by atoms with E-state index in [9.17, 15) is 4.79 Å². The highest BCUT2D eigenvalue weighted by atomic mass is 79.9. The first-order valence-corrected chi connectivity index (χ1v) is 7.21. The summed E-state index contributed by atoms with van der Waals surface area (Å²) in [4.78, 5) is 14.5. The van der Waals surface area contributed by atoms with Crippen molar-refractivity contribution in [2.24, 2.45) is 11.8 Å². The van der Waals surface area contributed by atoms with Crippen LogP contribution in [0.3, 0.4) is 0 Å². The second-order valence-electron chi connectivity index (χ2n) is 5.32. The Morgan fingerprint density at radius 2 is 2.00 bits per heavy atom. The number of likely N-dealkylation sites (tertiary alicyclic amines) is 1. The fraction of sp³-hybridized carbons (Fsp3) is 0.500. The summed E-state index contributed by atoms with van der Waals surface area (Å²) in [6.45, 7) is 5.93. The van der Waals surface area contributed by atoms with Gasteiger partial charge in [-0.05, 0) is 46.3 Å². The highest BCUT2D eigenvalue weighted by molar-refractivity contribution is 9.10. The zero-order valence-corrected chi connectivity index (χ0v) is 12.0. The van der Waals surface area contributed by atoms with Gasteiger partial charge >= 0.3 is 0 Å². The maximum absolute atomic E-state index is 12.5. The standard InChI is InChI=1S/C14H17BrN2O/c1-9-3-2-4-12(13(9)15)14(18)17-7-10-5-16-6-11(10)8-17/h2-4,10-11,16H,5-8H2,1H3/t10-,11+. The van der Waals surface area contributed by atoms with Gasteiger partial charge in [0.1, 0.15) is 0 Å². The number of aryl methyl sites for hydroxylation is 1. The average Bonchev–Trinajstić information content (AvgIpc) is 2.92. The van der Waals surface area contributed by atoms with Gasteiger partial charge in [-0.15, -0.1) is 0 Å². The van der Waals surface area contributed by atoms with Crippen LogP contribution >= 0.6 is 15.9 Å². The number of hydrogen-bond donors (Lipinski definition) is 1. The van der Waals surface area contributed by atoms with Crippen LogP contribution < -0.4 is 5.32 Å². The summed E-state index contributed by atoms with van der Waals surface area (Å²) in [5.41, 5.74) is 1.91. The van der Waals surface area contributed by atoms with Crippen molar-refractivity contribution in [1.29, 1.82) is 0 Å². The third-order valence-corrected chi connectivity index (χ3v) is 5.15. The van der Waals surface area contributed by atoms with Crippen LogP contribution in [0.4, 0.5) is 0 Å². The summed E-state index contributed by atoms with van der Waals surface area (Å²) in [6.07, 6.45) is 0. The minimum atomic E-state index is 0.167. The van der Waals surface area contributed by atoms with Crippen LogP contribution in [0.15, 0.2) is 22.7 Å². The topological polar surface area (TPSA) is 32.3 Å². The lowest BCUT2D eigenvalue weighted by Gasteiger charge is -2.18. The van der Waals surface area contributed by atoms with E-state index in [1.807, 2.05) is 30.0 Å². The normalized spacial score (nSPS) is 26.4. The first-order valence-electron chi connectivity index (χ1n) is 6.42. The maximum Gasteiger partial charge on any atom is 0.255 e. The second kappa shape index (κ2) is 4.67. The minimum absolute atomic E-state index is 0.167. The first-order chi connectivity index (χ1) is 8.66. The quantitative estimate of drug-likeness (QED) is 0.861. The molecule has 1 N–H and O–H groups in total. The van der Waals surface area contributed by atoms with Crippen molar-refractivity contribution >= 4 is 21.8 Å². The molecular formula is C14H17BrN2O. The Kier molecular flexibility index (Phi) is 3.16. The second-order valence-corrected chi connectivity index (χ2v) is 6.12. The largest absolute Gasteiger partial charge is 0.338 e. The van der Waals surface area contributed by atoms with Gasteiger partial charge in [0.15, 0.2) is 0 Å². The Hall–Kier alpha value is -0.870. The van der Waals surface area contributed by atoms with E-state index in [2.05, 4.69) is 21.2 Å². The van der Waals surface area contributed by atoms with Crippen LogP contribution in [0.25, 0.3) is 0 Å². The van der Waals surface area contributed by atoms with Crippen molar-refractivity contribution < 1.29 is 4.79 Å². The monoisotopic (exact) mass is 308 g/mol. The van der Waals surface area contributed by atoms with Gasteiger partial charge in [-0.2, -0.15) is 0 Å². The van der Waals surface area contributed by atoms with Gasteiger partial charge in [0.05, 0.1) is 5.56 Å². The van der Waals surface area contributed by atoms with Crippen molar-refractivity contribution in [3.05, 3.63) is 33.8 Å². The van der Waals surface area contributed by atoms with Crippen molar-refractivity contribution in [1.82, 2.24) is 10.2 Å². The molecule has 2 aliphatic heterocycles. The summed E-state index contributed by atoms with van der Waals surface area (Å²) in [5, 5.41) is 3.40. The summed E-state index contributed by atoms with van der Waals surface area (Å²) in [6, 6.07) is 5.88. The van der Waals surface area contributed by atoms with Crippen LogP contribution in [0, 0.1) is 18.8 Å². The van der Waals surface area contributed by atoms with Gasteiger partial charge in [-0.3, -0.25) is 4.79 Å². The molecule has 0 bridgehead atoms. The summed E-state index contributed by atoms with van der Waals surface area (Å²) in [5.74, 6) is 1.47. The SMILES string of the molecule is Cc1cccc(C(=O)N2C[C@H]3CNC[C@H]3C2)c1Br. The van der Waals surface area contributed by atoms with E-state index in [0.717, 1.165) is 41.8 Å². The Morgan fingerprint density at radius 3 is 2.67 bits per heavy atom. The molecular weight excluding hydrogens is 292 g/mol. The van der Waals surface area contributed by atoms with Gasteiger partial charge in [-0.25, -0.2) is 0 Å². The number of nitrogens with zero attached hydrogens (tertiary/aromatic N) is 1. The number of hydrogen-bond acceptors (Lipinski definition) is 2. The molecule has 1 aromatic carbocycles. The highest BCUT2D eigenvalue weighted by Gasteiger charge is 2.38. The van der Waals surface area contributed by atoms with Gasteiger partial charge in [0.25, 0.3) is 5.91 Å². The van der Waals surface area contributed by atoms with E-state index in [0.29, 0.717) is 11.8 Å². The molecule has 2 fully saturated rings. The Bertz CT molecular complexity index is 477. The lowest BCUT2D eigenvalue weighted by Crippen LogP contribution is -2.32. The number of halogens is 1. The Morgan fingerprint density at radius 1 is 1.33 bits per heavy atom. The predicted octanol–water partition coefficient (Wildman–Crippen LogP) is 2.05. The lowest BCUT2D eigenvalue weighted by atomic mass is 10.0. The fourth-order valence-corrected chi connectivity index (χ4v) is 3.44. The van der Waals surface area contributed by atoms with Gasteiger partial charge in [0.2, 0.25) is 0 Å². The molecule has 1 amide bonds. The van der Waals surface area contributed by atoms with Gasteiger partial charge in [-0.1, -0.05) is 12.1 Å². The molecule has 2 atom stereocenters. The maximum atomic E-state index is 12.5. The number of carbonyl (C=O) groups is 1. The number of rotatable bonds is 1. The Labute approximate surface area is 116 Å². The average molecular weight is 309 g/mol. The zero-order valence-electron chi connectivity index (χ0n) is 10.4. The third kappa shape index (κ3) is 1.97. The molecule has 96 valence electrons. The van der Waals surface area contributed by atoms with Gasteiger partial charge in [0, 0.05) is 30.7 Å². The van der Waals surface area contributed by atoms with Crippen LogP contribution in [-0.4, -0.2) is 37.0 Å². The smallest absolute Gasteiger partial charge is 0.255 e. The van der Waals surface area contributed by atoms with E-state index >= 15 is 0 Å². The Balaban J connectivity index is 1.81. The van der Waals surface area contributed by atoms with Gasteiger partial charge < -0.3 is 10.2 Å². The van der Waals surface area contributed by atoms with Crippen molar-refractivity contribution in [2.75, 3.05) is 26.2 Å². The highest BCUT2D eigenvalue weighted by Crippen LogP contribution is 2.29. The molecule has 4 heteroatoms. The molecule has 0 unspecified atom stereocenters. The molecule has 0 aromatic heterocycles. The van der Waals surface area contributed by atoms with E-state index in [1.165, 1.54) is 0 Å². The molecule has 1 aromatic rings. The van der Waals surface area contributed by atoms with Crippen LogP contribution in [-0.2, 0) is 0 Å². The first kappa shape index (κ1) is 12.2. The van der Waals surface area contributed by atoms with Crippen LogP contribution in [0.1, 0.15) is 15.9 Å². The summed E-state index contributed by atoms with van der Waals surface area (Å²) >= 11 is 3.53. The molecule has 3 nitrogen and oxygen atoms in total. The molecule has 2 saturated heterocycles. The summed E-state index contributed by atoms with van der Waals surface area (Å²) < 4.78 is 0.935. The lowest BCUT2D eigenvalue weighted by molar-refractivity contribution is 0.0780. The molecule has 18 heavy (non-hydrogen) atoms. The minimum Gasteiger partial charge on any atom is -0.338 e. The third-order valence-electron chi connectivity index (χ3n) is 4.10. The van der Waals surface area contributed by atoms with Crippen molar-refractivity contribution in [2.45, 2.75) is 6.92 Å². The molecule has 0 radical (unpaired) electrons. The molecule has 2 heterocycles. The molecule has 0 aliphatic carbocycles. The number of nitrogens with one attached hydrogen (secondary N) is 1.